The van der Waals surface area contributed by atoms with E-state index < -0.39 is 0 Å². The fourth-order valence-electron chi connectivity index (χ4n) is 10.9. The van der Waals surface area contributed by atoms with Crippen LogP contribution < -0.4 is 4.90 Å². The van der Waals surface area contributed by atoms with Gasteiger partial charge in [-0.1, -0.05) is 198 Å². The minimum absolute atomic E-state index is 0.175. The van der Waals surface area contributed by atoms with Gasteiger partial charge in [-0.2, -0.15) is 0 Å². The Hall–Kier alpha value is -7.48. The Labute approximate surface area is 370 Å². The first-order chi connectivity index (χ1) is 30.7. The zero-order valence-corrected chi connectivity index (χ0v) is 36.2. The van der Waals surface area contributed by atoms with Crippen molar-refractivity contribution in [3.8, 4) is 55.6 Å². The van der Waals surface area contributed by atoms with Gasteiger partial charge in [0.1, 0.15) is 0 Å². The van der Waals surface area contributed by atoms with E-state index in [1.807, 2.05) is 0 Å². The van der Waals surface area contributed by atoms with Crippen LogP contribution in [0.4, 0.5) is 17.1 Å². The normalized spacial score (nSPS) is 14.0. The van der Waals surface area contributed by atoms with Gasteiger partial charge in [0.15, 0.2) is 0 Å². The third kappa shape index (κ3) is 5.84. The number of anilines is 3. The Balaban J connectivity index is 0.939. The van der Waals surface area contributed by atoms with Gasteiger partial charge >= 0.3 is 0 Å². The highest BCUT2D eigenvalue weighted by molar-refractivity contribution is 6.01. The van der Waals surface area contributed by atoms with Crippen LogP contribution in [-0.2, 0) is 10.8 Å². The number of benzene rings is 10. The Morgan fingerprint density at radius 1 is 0.286 bits per heavy atom. The molecule has 0 amide bonds. The van der Waals surface area contributed by atoms with Gasteiger partial charge in [0, 0.05) is 27.6 Å². The lowest BCUT2D eigenvalue weighted by Gasteiger charge is -2.30. The Morgan fingerprint density at radius 3 is 1.29 bits per heavy atom. The second-order valence-corrected chi connectivity index (χ2v) is 18.5. The molecule has 0 saturated carbocycles. The van der Waals surface area contributed by atoms with Crippen LogP contribution in [0.2, 0.25) is 0 Å². The first kappa shape index (κ1) is 37.3. The number of hydrogen-bond acceptors (Lipinski definition) is 1. The third-order valence-electron chi connectivity index (χ3n) is 14.3. The number of fused-ring (bicyclic) bond motifs is 8. The summed E-state index contributed by atoms with van der Waals surface area (Å²) in [7, 11) is 0. The lowest BCUT2D eigenvalue weighted by atomic mass is 9.81. The van der Waals surface area contributed by atoms with Crippen molar-refractivity contribution in [3.05, 3.63) is 235 Å². The second-order valence-electron chi connectivity index (χ2n) is 18.5. The van der Waals surface area contributed by atoms with Gasteiger partial charge in [0.2, 0.25) is 0 Å². The van der Waals surface area contributed by atoms with E-state index in [2.05, 4.69) is 245 Å². The average Bonchev–Trinajstić information content (AvgIpc) is 3.70. The maximum atomic E-state index is 2.50. The van der Waals surface area contributed by atoms with Gasteiger partial charge in [-0.25, -0.2) is 0 Å². The van der Waals surface area contributed by atoms with Crippen LogP contribution in [0.25, 0.3) is 77.2 Å². The van der Waals surface area contributed by atoms with Gasteiger partial charge in [0.05, 0.1) is 5.69 Å². The van der Waals surface area contributed by atoms with Crippen molar-refractivity contribution in [2.45, 2.75) is 38.5 Å². The topological polar surface area (TPSA) is 3.24 Å². The smallest absolute Gasteiger partial charge is 0.0540 e. The maximum Gasteiger partial charge on any atom is 0.0540 e. The average molecular weight is 806 g/mol. The van der Waals surface area contributed by atoms with E-state index in [4.69, 9.17) is 0 Å². The van der Waals surface area contributed by atoms with Crippen LogP contribution in [0, 0.1) is 0 Å². The van der Waals surface area contributed by atoms with E-state index >= 15 is 0 Å². The van der Waals surface area contributed by atoms with Crippen molar-refractivity contribution in [2.75, 3.05) is 4.90 Å². The number of rotatable bonds is 6. The quantitative estimate of drug-likeness (QED) is 0.162. The largest absolute Gasteiger partial charge is 0.310 e. The molecule has 0 fully saturated rings. The van der Waals surface area contributed by atoms with Crippen LogP contribution in [0.5, 0.6) is 0 Å². The molecule has 2 aliphatic carbocycles. The summed E-state index contributed by atoms with van der Waals surface area (Å²) < 4.78 is 0. The van der Waals surface area contributed by atoms with Gasteiger partial charge in [-0.05, 0) is 137 Å². The molecular formula is C62H47N. The zero-order valence-electron chi connectivity index (χ0n) is 36.2. The van der Waals surface area contributed by atoms with E-state index in [1.54, 1.807) is 0 Å². The molecule has 0 unspecified atom stereocenters. The molecule has 0 heterocycles. The summed E-state index contributed by atoms with van der Waals surface area (Å²) in [6.45, 7) is 9.58. The van der Waals surface area contributed by atoms with E-state index in [0.717, 1.165) is 11.4 Å². The lowest BCUT2D eigenvalue weighted by Crippen LogP contribution is -2.18. The molecule has 300 valence electrons. The Kier molecular flexibility index (Phi) is 8.30. The van der Waals surface area contributed by atoms with E-state index in [1.165, 1.54) is 105 Å². The monoisotopic (exact) mass is 805 g/mol. The molecule has 0 bridgehead atoms. The van der Waals surface area contributed by atoms with Crippen molar-refractivity contribution >= 4 is 38.6 Å². The summed E-state index contributed by atoms with van der Waals surface area (Å²) in [6, 6.07) is 79.1. The summed E-state index contributed by atoms with van der Waals surface area (Å²) in [6.07, 6.45) is 0. The van der Waals surface area contributed by atoms with Crippen LogP contribution in [0.3, 0.4) is 0 Å². The van der Waals surface area contributed by atoms with Crippen molar-refractivity contribution in [3.63, 3.8) is 0 Å². The van der Waals surface area contributed by atoms with Crippen molar-refractivity contribution < 1.29 is 0 Å². The highest BCUT2D eigenvalue weighted by atomic mass is 15.1. The molecule has 12 rings (SSSR count). The zero-order chi connectivity index (χ0) is 42.5. The van der Waals surface area contributed by atoms with Crippen LogP contribution in [0.1, 0.15) is 49.9 Å². The van der Waals surface area contributed by atoms with E-state index in [-0.39, 0.29) is 10.8 Å². The summed E-state index contributed by atoms with van der Waals surface area (Å²) in [5.74, 6) is 0. The second kappa shape index (κ2) is 14.0. The van der Waals surface area contributed by atoms with Crippen molar-refractivity contribution in [1.29, 1.82) is 0 Å². The Bertz CT molecular complexity index is 3430. The third-order valence-corrected chi connectivity index (χ3v) is 14.3. The molecule has 2 aliphatic rings. The molecule has 10 aromatic rings. The van der Waals surface area contributed by atoms with Crippen molar-refractivity contribution in [1.82, 2.24) is 0 Å². The fraction of sp³-hybridized carbons (Fsp3) is 0.0968. The highest BCUT2D eigenvalue weighted by Crippen LogP contribution is 2.54. The SMILES string of the molecule is CC1(C)c2cc(-c3ccccc3)ccc2-c2ccc(N(c3ccc4c(c3)C(C)(C)c3cc(-c5ccc(-c6cccc7ccccc67)cc5)ccc3-4)c3cccc4ccccc34)cc21. The first-order valence-corrected chi connectivity index (χ1v) is 22.2. The van der Waals surface area contributed by atoms with E-state index in [0.29, 0.717) is 0 Å². The highest BCUT2D eigenvalue weighted by Gasteiger charge is 2.38. The molecule has 0 spiro atoms. The predicted octanol–water partition coefficient (Wildman–Crippen LogP) is 17.1. The van der Waals surface area contributed by atoms with Crippen molar-refractivity contribution in [2.24, 2.45) is 0 Å². The minimum Gasteiger partial charge on any atom is -0.310 e. The predicted molar refractivity (Wildman–Crippen MR) is 268 cm³/mol. The van der Waals surface area contributed by atoms with Crippen LogP contribution in [0.15, 0.2) is 212 Å². The van der Waals surface area contributed by atoms with Gasteiger partial charge in [0.25, 0.3) is 0 Å². The van der Waals surface area contributed by atoms with Crippen LogP contribution >= 0.6 is 0 Å². The molecule has 0 saturated heterocycles. The number of nitrogens with zero attached hydrogens (tertiary/aromatic N) is 1. The number of hydrogen-bond donors (Lipinski definition) is 0. The summed E-state index contributed by atoms with van der Waals surface area (Å²) >= 11 is 0. The lowest BCUT2D eigenvalue weighted by molar-refractivity contribution is 0.660. The molecule has 0 atom stereocenters. The van der Waals surface area contributed by atoms with Crippen LogP contribution in [-0.4, -0.2) is 0 Å². The summed E-state index contributed by atoms with van der Waals surface area (Å²) in [4.78, 5) is 2.50. The summed E-state index contributed by atoms with van der Waals surface area (Å²) in [5, 5.41) is 5.01. The van der Waals surface area contributed by atoms with E-state index in [9.17, 15) is 0 Å². The molecular weight excluding hydrogens is 759 g/mol. The fourth-order valence-corrected chi connectivity index (χ4v) is 10.9. The molecule has 0 aromatic heterocycles. The molecule has 1 heteroatoms. The van der Waals surface area contributed by atoms with Gasteiger partial charge in [-0.3, -0.25) is 0 Å². The van der Waals surface area contributed by atoms with Gasteiger partial charge in [-0.15, -0.1) is 0 Å². The molecule has 0 aliphatic heterocycles. The first-order valence-electron chi connectivity index (χ1n) is 22.2. The Morgan fingerprint density at radius 2 is 0.698 bits per heavy atom. The molecule has 63 heavy (non-hydrogen) atoms. The van der Waals surface area contributed by atoms with Gasteiger partial charge < -0.3 is 4.90 Å². The summed E-state index contributed by atoms with van der Waals surface area (Å²) in [5.41, 5.74) is 21.4. The molecule has 1 nitrogen and oxygen atoms in total. The maximum absolute atomic E-state index is 2.50. The standard InChI is InChI=1S/C62H47N/c1-61(2)56-36-45(40-14-6-5-7-15-40)28-32-52(56)54-34-30-47(38-58(54)61)63(60-23-13-19-43-17-9-11-21-51(43)60)48-31-35-55-53-33-29-46(37-57(53)62(3,4)59(55)39-48)41-24-26-44(27-25-41)50-22-12-18-42-16-8-10-20-49(42)50/h5-39H,1-4H3. The molecule has 0 radical (unpaired) electrons. The minimum atomic E-state index is -0.206. The molecule has 10 aromatic carbocycles. The molecule has 0 N–H and O–H groups in total.